The summed E-state index contributed by atoms with van der Waals surface area (Å²) in [5.41, 5.74) is -0.268. The summed E-state index contributed by atoms with van der Waals surface area (Å²) in [6, 6.07) is 4.14. The largest absolute Gasteiger partial charge is 0.416 e. The van der Waals surface area contributed by atoms with Crippen molar-refractivity contribution in [1.82, 2.24) is 14.9 Å². The van der Waals surface area contributed by atoms with Crippen molar-refractivity contribution in [1.29, 1.82) is 0 Å². The van der Waals surface area contributed by atoms with E-state index < -0.39 is 17.6 Å². The van der Waals surface area contributed by atoms with Gasteiger partial charge >= 0.3 is 6.18 Å². The Morgan fingerprint density at radius 2 is 1.70 bits per heavy atom. The summed E-state index contributed by atoms with van der Waals surface area (Å²) >= 11 is 0. The summed E-state index contributed by atoms with van der Waals surface area (Å²) in [6.07, 6.45) is -2.67. The van der Waals surface area contributed by atoms with Crippen LogP contribution in [0.5, 0.6) is 0 Å². The minimum Gasteiger partial charge on any atom is -0.351 e. The molecule has 1 saturated heterocycles. The van der Waals surface area contributed by atoms with Gasteiger partial charge in [-0.3, -0.25) is 4.79 Å². The predicted molar refractivity (Wildman–Crippen MR) is 90.9 cm³/mol. The second-order valence-electron chi connectivity index (χ2n) is 6.17. The van der Waals surface area contributed by atoms with Gasteiger partial charge in [0.1, 0.15) is 6.33 Å². The number of anilines is 1. The minimum atomic E-state index is -4.44. The second kappa shape index (κ2) is 7.50. The van der Waals surface area contributed by atoms with Crippen molar-refractivity contribution in [3.05, 3.63) is 53.2 Å². The van der Waals surface area contributed by atoms with Crippen molar-refractivity contribution in [3.8, 4) is 0 Å². The van der Waals surface area contributed by atoms with Crippen molar-refractivity contribution < 1.29 is 22.4 Å². The molecule has 2 heterocycles. The van der Waals surface area contributed by atoms with Crippen LogP contribution in [0.2, 0.25) is 0 Å². The lowest BCUT2D eigenvalue weighted by Crippen LogP contribution is -2.49. The highest BCUT2D eigenvalue weighted by atomic mass is 19.4. The van der Waals surface area contributed by atoms with Gasteiger partial charge in [0.25, 0.3) is 5.91 Å². The normalized spacial score (nSPS) is 15.1. The zero-order chi connectivity index (χ0) is 19.6. The number of hydrogen-bond acceptors (Lipinski definition) is 4. The molecule has 0 unspecified atom stereocenters. The van der Waals surface area contributed by atoms with Crippen molar-refractivity contribution in [2.75, 3.05) is 31.1 Å². The third-order valence-electron chi connectivity index (χ3n) is 4.50. The summed E-state index contributed by atoms with van der Waals surface area (Å²) in [6.45, 7) is 3.21. The number of aromatic nitrogens is 2. The number of benzene rings is 1. The van der Waals surface area contributed by atoms with E-state index in [0.717, 1.165) is 12.1 Å². The van der Waals surface area contributed by atoms with Gasteiger partial charge < -0.3 is 9.80 Å². The molecular weight excluding hydrogens is 364 g/mol. The first-order valence-corrected chi connectivity index (χ1v) is 8.52. The Bertz CT molecular complexity index is 815. The number of carbonyl (C=O) groups excluding carboxylic acids is 1. The van der Waals surface area contributed by atoms with E-state index in [1.807, 2.05) is 0 Å². The predicted octanol–water partition coefficient (Wildman–Crippen LogP) is 3.16. The fourth-order valence-corrected chi connectivity index (χ4v) is 2.97. The van der Waals surface area contributed by atoms with Crippen molar-refractivity contribution in [3.63, 3.8) is 0 Å². The summed E-state index contributed by atoms with van der Waals surface area (Å²) in [5, 5.41) is 0. The van der Waals surface area contributed by atoms with Crippen molar-refractivity contribution in [2.24, 2.45) is 0 Å². The average Bonchev–Trinajstić information content (AvgIpc) is 2.67. The summed E-state index contributed by atoms with van der Waals surface area (Å²) in [7, 11) is 0. The number of aryl methyl sites for hydroxylation is 1. The van der Waals surface area contributed by atoms with Gasteiger partial charge in [-0.05, 0) is 30.7 Å². The van der Waals surface area contributed by atoms with Gasteiger partial charge in [0.15, 0.2) is 11.6 Å². The quantitative estimate of drug-likeness (QED) is 0.766. The highest BCUT2D eigenvalue weighted by Gasteiger charge is 2.31. The molecular formula is C18H18F4N4O. The highest BCUT2D eigenvalue weighted by molar-refractivity contribution is 5.94. The lowest BCUT2D eigenvalue weighted by atomic mass is 10.1. The molecule has 0 atom stereocenters. The fourth-order valence-electron chi connectivity index (χ4n) is 2.97. The van der Waals surface area contributed by atoms with E-state index in [9.17, 15) is 22.4 Å². The molecule has 1 aromatic carbocycles. The molecule has 0 bridgehead atoms. The van der Waals surface area contributed by atoms with Crippen LogP contribution in [0, 0.1) is 5.82 Å². The fraction of sp³-hybridized carbons (Fsp3) is 0.389. The van der Waals surface area contributed by atoms with Gasteiger partial charge in [0.2, 0.25) is 0 Å². The molecule has 0 spiro atoms. The van der Waals surface area contributed by atoms with Gasteiger partial charge in [-0.1, -0.05) is 6.92 Å². The van der Waals surface area contributed by atoms with Crippen LogP contribution in [0.3, 0.4) is 0 Å². The standard InChI is InChI=1S/C18H18F4N4O/c1-2-14-15(19)16(24-11-23-14)25-7-9-26(10-8-25)17(27)12-3-5-13(6-4-12)18(20,21)22/h3-6,11H,2,7-10H2,1H3. The molecule has 9 heteroatoms. The van der Waals surface area contributed by atoms with Crippen LogP contribution >= 0.6 is 0 Å². The second-order valence-corrected chi connectivity index (χ2v) is 6.17. The maximum Gasteiger partial charge on any atom is 0.416 e. The van der Waals surface area contributed by atoms with E-state index in [-0.39, 0.29) is 17.3 Å². The van der Waals surface area contributed by atoms with E-state index in [2.05, 4.69) is 9.97 Å². The number of amides is 1. The van der Waals surface area contributed by atoms with Crippen LogP contribution in [0.25, 0.3) is 0 Å². The van der Waals surface area contributed by atoms with Crippen molar-refractivity contribution in [2.45, 2.75) is 19.5 Å². The number of halogens is 4. The van der Waals surface area contributed by atoms with Crippen LogP contribution in [0.15, 0.2) is 30.6 Å². The number of alkyl halides is 3. The Hall–Kier alpha value is -2.71. The summed E-state index contributed by atoms with van der Waals surface area (Å²) in [4.78, 5) is 23.7. The minimum absolute atomic E-state index is 0.193. The van der Waals surface area contributed by atoms with Crippen LogP contribution in [-0.4, -0.2) is 47.0 Å². The molecule has 144 valence electrons. The van der Waals surface area contributed by atoms with E-state index in [4.69, 9.17) is 0 Å². The molecule has 0 radical (unpaired) electrons. The molecule has 2 aromatic rings. The van der Waals surface area contributed by atoms with Gasteiger partial charge in [-0.15, -0.1) is 0 Å². The monoisotopic (exact) mass is 382 g/mol. The van der Waals surface area contributed by atoms with Crippen LogP contribution in [0.1, 0.15) is 28.5 Å². The molecule has 0 aliphatic carbocycles. The Morgan fingerprint density at radius 1 is 1.07 bits per heavy atom. The van der Waals surface area contributed by atoms with Gasteiger partial charge in [0, 0.05) is 31.7 Å². The number of nitrogens with zero attached hydrogens (tertiary/aromatic N) is 4. The van der Waals surface area contributed by atoms with E-state index in [1.54, 1.807) is 16.7 Å². The van der Waals surface area contributed by atoms with E-state index in [1.165, 1.54) is 18.5 Å². The SMILES string of the molecule is CCc1ncnc(N2CCN(C(=O)c3ccc(C(F)(F)F)cc3)CC2)c1F. The van der Waals surface area contributed by atoms with Crippen molar-refractivity contribution >= 4 is 11.7 Å². The Balaban J connectivity index is 1.66. The average molecular weight is 382 g/mol. The molecule has 27 heavy (non-hydrogen) atoms. The number of piperazine rings is 1. The number of carbonyl (C=O) groups is 1. The molecule has 1 aliphatic rings. The molecule has 1 aliphatic heterocycles. The molecule has 0 N–H and O–H groups in total. The van der Waals surface area contributed by atoms with E-state index >= 15 is 0 Å². The summed E-state index contributed by atoms with van der Waals surface area (Å²) < 4.78 is 52.2. The maximum absolute atomic E-state index is 14.4. The van der Waals surface area contributed by atoms with Crippen LogP contribution < -0.4 is 4.90 Å². The van der Waals surface area contributed by atoms with Gasteiger partial charge in [0.05, 0.1) is 11.3 Å². The molecule has 3 rings (SSSR count). The zero-order valence-electron chi connectivity index (χ0n) is 14.6. The topological polar surface area (TPSA) is 49.3 Å². The molecule has 5 nitrogen and oxygen atoms in total. The maximum atomic E-state index is 14.4. The van der Waals surface area contributed by atoms with Crippen LogP contribution in [0.4, 0.5) is 23.4 Å². The Morgan fingerprint density at radius 3 is 2.26 bits per heavy atom. The van der Waals surface area contributed by atoms with Gasteiger partial charge in [-0.25, -0.2) is 14.4 Å². The third kappa shape index (κ3) is 4.01. The zero-order valence-corrected chi connectivity index (χ0v) is 14.6. The Labute approximate surface area is 153 Å². The lowest BCUT2D eigenvalue weighted by molar-refractivity contribution is -0.137. The molecule has 1 aromatic heterocycles. The molecule has 1 amide bonds. The van der Waals surface area contributed by atoms with E-state index in [0.29, 0.717) is 38.3 Å². The molecule has 1 fully saturated rings. The lowest BCUT2D eigenvalue weighted by Gasteiger charge is -2.35. The van der Waals surface area contributed by atoms with Crippen LogP contribution in [-0.2, 0) is 12.6 Å². The first kappa shape index (κ1) is 19.1. The summed E-state index contributed by atoms with van der Waals surface area (Å²) in [5.74, 6) is -0.591. The third-order valence-corrected chi connectivity index (χ3v) is 4.50. The number of rotatable bonds is 3. The molecule has 0 saturated carbocycles. The Kier molecular flexibility index (Phi) is 5.29. The number of hydrogen-bond donors (Lipinski definition) is 0. The first-order valence-electron chi connectivity index (χ1n) is 8.52. The highest BCUT2D eigenvalue weighted by Crippen LogP contribution is 2.29. The first-order chi connectivity index (χ1) is 12.8. The smallest absolute Gasteiger partial charge is 0.351 e. The van der Waals surface area contributed by atoms with Gasteiger partial charge in [-0.2, -0.15) is 13.2 Å².